The second-order valence-corrected chi connectivity index (χ2v) is 5.22. The Bertz CT molecular complexity index is 694. The highest BCUT2D eigenvalue weighted by Crippen LogP contribution is 2.15. The number of rotatable bonds is 4. The average Bonchev–Trinajstić information content (AvgIpc) is 2.44. The zero-order valence-electron chi connectivity index (χ0n) is 12.6. The monoisotopic (exact) mass is 297 g/mol. The molecular weight excluding hydrogens is 278 g/mol. The maximum Gasteiger partial charge on any atom is 0.323 e. The fourth-order valence-corrected chi connectivity index (χ4v) is 2.02. The van der Waals surface area contributed by atoms with E-state index in [-0.39, 0.29) is 18.4 Å². The van der Waals surface area contributed by atoms with E-state index in [1.165, 1.54) is 5.56 Å². The molecule has 0 spiro atoms. The first-order valence-electron chi connectivity index (χ1n) is 6.96. The second-order valence-electron chi connectivity index (χ2n) is 5.22. The first-order chi connectivity index (χ1) is 10.4. The molecule has 0 aliphatic rings. The molecule has 0 bridgehead atoms. The van der Waals surface area contributed by atoms with E-state index in [0.29, 0.717) is 5.69 Å². The van der Waals surface area contributed by atoms with Gasteiger partial charge in [-0.15, -0.1) is 0 Å². The van der Waals surface area contributed by atoms with Gasteiger partial charge < -0.3 is 16.4 Å². The average molecular weight is 297 g/mol. The van der Waals surface area contributed by atoms with Gasteiger partial charge in [0, 0.05) is 11.4 Å². The molecule has 5 heteroatoms. The molecule has 0 aliphatic carbocycles. The van der Waals surface area contributed by atoms with Crippen molar-refractivity contribution in [1.82, 2.24) is 0 Å². The lowest BCUT2D eigenvalue weighted by Gasteiger charge is -2.09. The Balaban J connectivity index is 1.96. The highest BCUT2D eigenvalue weighted by Gasteiger charge is 2.04. The topological polar surface area (TPSA) is 84.2 Å². The van der Waals surface area contributed by atoms with Crippen molar-refractivity contribution in [3.05, 3.63) is 59.2 Å². The summed E-state index contributed by atoms with van der Waals surface area (Å²) < 4.78 is 0. The molecule has 0 aliphatic heterocycles. The van der Waals surface area contributed by atoms with E-state index in [2.05, 4.69) is 10.6 Å². The van der Waals surface area contributed by atoms with Crippen LogP contribution < -0.4 is 16.4 Å². The van der Waals surface area contributed by atoms with Crippen molar-refractivity contribution in [3.63, 3.8) is 0 Å². The third-order valence-corrected chi connectivity index (χ3v) is 3.35. The van der Waals surface area contributed by atoms with Crippen LogP contribution in [0.25, 0.3) is 0 Å². The van der Waals surface area contributed by atoms with Crippen molar-refractivity contribution in [1.29, 1.82) is 0 Å². The van der Waals surface area contributed by atoms with E-state index in [1.807, 2.05) is 32.0 Å². The van der Waals surface area contributed by atoms with Crippen LogP contribution >= 0.6 is 0 Å². The summed E-state index contributed by atoms with van der Waals surface area (Å²) >= 11 is 0. The van der Waals surface area contributed by atoms with Gasteiger partial charge in [0.15, 0.2) is 0 Å². The van der Waals surface area contributed by atoms with E-state index < -0.39 is 0 Å². The van der Waals surface area contributed by atoms with E-state index >= 15 is 0 Å². The second kappa shape index (κ2) is 6.76. The molecule has 0 saturated heterocycles. The number of hydrogen-bond donors (Lipinski definition) is 3. The smallest absolute Gasteiger partial charge is 0.323 e. The highest BCUT2D eigenvalue weighted by molar-refractivity contribution is 5.99. The molecule has 0 heterocycles. The van der Waals surface area contributed by atoms with Crippen molar-refractivity contribution in [2.24, 2.45) is 5.73 Å². The van der Waals surface area contributed by atoms with Gasteiger partial charge in [0.25, 0.3) is 0 Å². The van der Waals surface area contributed by atoms with Crippen molar-refractivity contribution in [2.45, 2.75) is 20.3 Å². The van der Waals surface area contributed by atoms with Gasteiger partial charge in [-0.3, -0.25) is 4.79 Å². The van der Waals surface area contributed by atoms with Crippen LogP contribution in [0.15, 0.2) is 42.5 Å². The summed E-state index contributed by atoms with van der Waals surface area (Å²) in [7, 11) is 0. The molecule has 0 fully saturated rings. The molecule has 2 aromatic carbocycles. The quantitative estimate of drug-likeness (QED) is 0.810. The zero-order chi connectivity index (χ0) is 16.1. The molecule has 5 nitrogen and oxygen atoms in total. The van der Waals surface area contributed by atoms with Crippen molar-refractivity contribution in [2.75, 3.05) is 10.6 Å². The molecule has 0 saturated carbocycles. The van der Waals surface area contributed by atoms with Gasteiger partial charge in [-0.2, -0.15) is 0 Å². The molecule has 0 radical (unpaired) electrons. The van der Waals surface area contributed by atoms with Crippen LogP contribution in [-0.4, -0.2) is 11.9 Å². The SMILES string of the molecule is Cc1ccc(NC(=O)Nc2ccc(CC(N)=O)cc2)cc1C. The standard InChI is InChI=1S/C17H19N3O2/c1-11-3-6-15(9-12(11)2)20-17(22)19-14-7-4-13(5-8-14)10-16(18)21/h3-9H,10H2,1-2H3,(H2,18,21)(H2,19,20,22). The van der Waals surface area contributed by atoms with E-state index in [4.69, 9.17) is 5.73 Å². The van der Waals surface area contributed by atoms with Crippen LogP contribution in [-0.2, 0) is 11.2 Å². The van der Waals surface area contributed by atoms with Gasteiger partial charge in [-0.25, -0.2) is 4.79 Å². The number of primary amides is 1. The maximum atomic E-state index is 11.9. The van der Waals surface area contributed by atoms with Gasteiger partial charge in [-0.05, 0) is 54.8 Å². The summed E-state index contributed by atoms with van der Waals surface area (Å²) in [6.45, 7) is 4.02. The minimum Gasteiger partial charge on any atom is -0.369 e. The lowest BCUT2D eigenvalue weighted by atomic mass is 10.1. The number of nitrogens with two attached hydrogens (primary N) is 1. The predicted octanol–water partition coefficient (Wildman–Crippen LogP) is 2.98. The molecule has 22 heavy (non-hydrogen) atoms. The number of hydrogen-bond acceptors (Lipinski definition) is 2. The van der Waals surface area contributed by atoms with E-state index in [9.17, 15) is 9.59 Å². The summed E-state index contributed by atoms with van der Waals surface area (Å²) in [5.74, 6) is -0.381. The molecule has 2 aromatic rings. The Hall–Kier alpha value is -2.82. The number of nitrogens with one attached hydrogen (secondary N) is 2. The fourth-order valence-electron chi connectivity index (χ4n) is 2.02. The largest absolute Gasteiger partial charge is 0.369 e. The van der Waals surface area contributed by atoms with Gasteiger partial charge >= 0.3 is 6.03 Å². The third-order valence-electron chi connectivity index (χ3n) is 3.35. The number of anilines is 2. The first-order valence-corrected chi connectivity index (χ1v) is 6.96. The Morgan fingerprint density at radius 1 is 0.909 bits per heavy atom. The zero-order valence-corrected chi connectivity index (χ0v) is 12.6. The van der Waals surface area contributed by atoms with Crippen molar-refractivity contribution < 1.29 is 9.59 Å². The summed E-state index contributed by atoms with van der Waals surface area (Å²) in [4.78, 5) is 22.8. The summed E-state index contributed by atoms with van der Waals surface area (Å²) in [6, 6.07) is 12.4. The lowest BCUT2D eigenvalue weighted by Crippen LogP contribution is -2.19. The Morgan fingerprint density at radius 3 is 2.09 bits per heavy atom. The molecular formula is C17H19N3O2. The van der Waals surface area contributed by atoms with Crippen LogP contribution in [0, 0.1) is 13.8 Å². The van der Waals surface area contributed by atoms with Gasteiger partial charge in [-0.1, -0.05) is 18.2 Å². The van der Waals surface area contributed by atoms with Crippen LogP contribution in [0.3, 0.4) is 0 Å². The summed E-state index contributed by atoms with van der Waals surface area (Å²) in [5, 5.41) is 5.52. The van der Waals surface area contributed by atoms with Gasteiger partial charge in [0.1, 0.15) is 0 Å². The van der Waals surface area contributed by atoms with Crippen LogP contribution in [0.4, 0.5) is 16.2 Å². The Labute approximate surface area is 129 Å². The minimum absolute atomic E-state index is 0.190. The third kappa shape index (κ3) is 4.34. The molecule has 0 aromatic heterocycles. The highest BCUT2D eigenvalue weighted by atomic mass is 16.2. The van der Waals surface area contributed by atoms with Gasteiger partial charge in [0.05, 0.1) is 6.42 Å². The van der Waals surface area contributed by atoms with E-state index in [1.54, 1.807) is 24.3 Å². The molecule has 114 valence electrons. The number of amides is 3. The molecule has 0 atom stereocenters. The molecule has 4 N–H and O–H groups in total. The number of urea groups is 1. The molecule has 0 unspecified atom stereocenters. The number of benzene rings is 2. The Morgan fingerprint density at radius 2 is 1.50 bits per heavy atom. The summed E-state index contributed by atoms with van der Waals surface area (Å²) in [6.07, 6.45) is 0.190. The predicted molar refractivity (Wildman–Crippen MR) is 87.9 cm³/mol. The van der Waals surface area contributed by atoms with Gasteiger partial charge in [0.2, 0.25) is 5.91 Å². The number of aryl methyl sites for hydroxylation is 2. The van der Waals surface area contributed by atoms with Crippen molar-refractivity contribution >= 4 is 23.3 Å². The van der Waals surface area contributed by atoms with Crippen molar-refractivity contribution in [3.8, 4) is 0 Å². The fraction of sp³-hybridized carbons (Fsp3) is 0.176. The molecule has 3 amide bonds. The number of carbonyl (C=O) groups is 2. The Kier molecular flexibility index (Phi) is 4.78. The molecule has 2 rings (SSSR count). The number of carbonyl (C=O) groups excluding carboxylic acids is 2. The van der Waals surface area contributed by atoms with E-state index in [0.717, 1.165) is 16.8 Å². The van der Waals surface area contributed by atoms with Crippen LogP contribution in [0.5, 0.6) is 0 Å². The normalized spacial score (nSPS) is 10.1. The lowest BCUT2D eigenvalue weighted by molar-refractivity contribution is -0.117. The van der Waals surface area contributed by atoms with Crippen LogP contribution in [0.1, 0.15) is 16.7 Å². The summed E-state index contributed by atoms with van der Waals surface area (Å²) in [5.41, 5.74) is 9.63. The first kappa shape index (κ1) is 15.6. The maximum absolute atomic E-state index is 11.9. The van der Waals surface area contributed by atoms with Crippen LogP contribution in [0.2, 0.25) is 0 Å². The minimum atomic E-state index is -0.381.